The van der Waals surface area contributed by atoms with Crippen LogP contribution in [0.4, 0.5) is 0 Å². The summed E-state index contributed by atoms with van der Waals surface area (Å²) in [6, 6.07) is 0.821. The zero-order valence-electron chi connectivity index (χ0n) is 12.7. The van der Waals surface area contributed by atoms with E-state index in [0.29, 0.717) is 0 Å². The van der Waals surface area contributed by atoms with Crippen LogP contribution in [0.1, 0.15) is 45.4 Å². The SMILES string of the molecule is CCNCCCCCCN1CCCC1CN(C)C. The normalized spacial score (nSPS) is 21.0. The van der Waals surface area contributed by atoms with Crippen molar-refractivity contribution in [3.63, 3.8) is 0 Å². The van der Waals surface area contributed by atoms with Crippen molar-refractivity contribution in [1.29, 1.82) is 0 Å². The van der Waals surface area contributed by atoms with Crippen molar-refractivity contribution < 1.29 is 0 Å². The molecule has 1 unspecified atom stereocenters. The molecule has 0 amide bonds. The van der Waals surface area contributed by atoms with Gasteiger partial charge < -0.3 is 10.2 Å². The molecule has 1 heterocycles. The summed E-state index contributed by atoms with van der Waals surface area (Å²) in [5, 5.41) is 3.39. The fraction of sp³-hybridized carbons (Fsp3) is 1.00. The predicted octanol–water partition coefficient (Wildman–Crippen LogP) is 2.18. The molecule has 0 radical (unpaired) electrons. The summed E-state index contributed by atoms with van der Waals surface area (Å²) in [4.78, 5) is 5.05. The van der Waals surface area contributed by atoms with Crippen LogP contribution < -0.4 is 5.32 Å². The van der Waals surface area contributed by atoms with Crippen molar-refractivity contribution in [2.45, 2.75) is 51.5 Å². The summed E-state index contributed by atoms with van der Waals surface area (Å²) in [7, 11) is 4.38. The Morgan fingerprint density at radius 1 is 1.17 bits per heavy atom. The molecule has 1 saturated heterocycles. The Balaban J connectivity index is 2.00. The van der Waals surface area contributed by atoms with E-state index in [4.69, 9.17) is 0 Å². The third-order valence-corrected chi connectivity index (χ3v) is 3.87. The largest absolute Gasteiger partial charge is 0.317 e. The second-order valence-electron chi connectivity index (χ2n) is 5.86. The minimum absolute atomic E-state index is 0.821. The predicted molar refractivity (Wildman–Crippen MR) is 80.2 cm³/mol. The Morgan fingerprint density at radius 3 is 2.67 bits per heavy atom. The number of nitrogens with one attached hydrogen (secondary N) is 1. The number of nitrogens with zero attached hydrogens (tertiary/aromatic N) is 2. The highest BCUT2D eigenvalue weighted by molar-refractivity contribution is 4.80. The van der Waals surface area contributed by atoms with Gasteiger partial charge in [0.15, 0.2) is 0 Å². The molecule has 0 aliphatic carbocycles. The van der Waals surface area contributed by atoms with Gasteiger partial charge in [-0.25, -0.2) is 0 Å². The average molecular weight is 255 g/mol. The van der Waals surface area contributed by atoms with Crippen LogP contribution in [0.25, 0.3) is 0 Å². The summed E-state index contributed by atoms with van der Waals surface area (Å²) in [5.41, 5.74) is 0. The van der Waals surface area contributed by atoms with Gasteiger partial charge in [-0.05, 0) is 66.0 Å². The second-order valence-corrected chi connectivity index (χ2v) is 5.86. The number of likely N-dealkylation sites (tertiary alicyclic amines) is 1. The van der Waals surface area contributed by atoms with Crippen LogP contribution >= 0.6 is 0 Å². The van der Waals surface area contributed by atoms with Crippen LogP contribution in [-0.4, -0.2) is 62.7 Å². The summed E-state index contributed by atoms with van der Waals surface area (Å²) >= 11 is 0. The first-order valence-electron chi connectivity index (χ1n) is 7.83. The third-order valence-electron chi connectivity index (χ3n) is 3.87. The van der Waals surface area contributed by atoms with Crippen LogP contribution in [0, 0.1) is 0 Å². The van der Waals surface area contributed by atoms with E-state index >= 15 is 0 Å². The quantitative estimate of drug-likeness (QED) is 0.604. The maximum absolute atomic E-state index is 3.39. The molecule has 0 aromatic carbocycles. The number of hydrogen-bond acceptors (Lipinski definition) is 3. The molecule has 0 aromatic heterocycles. The zero-order chi connectivity index (χ0) is 13.2. The molecule has 108 valence electrons. The second kappa shape index (κ2) is 9.76. The van der Waals surface area contributed by atoms with Gasteiger partial charge in [-0.15, -0.1) is 0 Å². The first-order valence-corrected chi connectivity index (χ1v) is 7.83. The molecule has 3 nitrogen and oxygen atoms in total. The minimum atomic E-state index is 0.821. The fourth-order valence-corrected chi connectivity index (χ4v) is 2.91. The molecule has 1 aliphatic heterocycles. The Hall–Kier alpha value is -0.120. The summed E-state index contributed by atoms with van der Waals surface area (Å²) < 4.78 is 0. The molecule has 0 aromatic rings. The van der Waals surface area contributed by atoms with Gasteiger partial charge in [-0.3, -0.25) is 4.90 Å². The molecule has 1 fully saturated rings. The number of likely N-dealkylation sites (N-methyl/N-ethyl adjacent to an activating group) is 1. The Morgan fingerprint density at radius 2 is 1.94 bits per heavy atom. The van der Waals surface area contributed by atoms with Crippen molar-refractivity contribution in [2.24, 2.45) is 0 Å². The van der Waals surface area contributed by atoms with Gasteiger partial charge in [-0.1, -0.05) is 19.8 Å². The van der Waals surface area contributed by atoms with Gasteiger partial charge in [-0.2, -0.15) is 0 Å². The van der Waals surface area contributed by atoms with Crippen molar-refractivity contribution in [1.82, 2.24) is 15.1 Å². The van der Waals surface area contributed by atoms with Gasteiger partial charge >= 0.3 is 0 Å². The van der Waals surface area contributed by atoms with Crippen LogP contribution in [0.2, 0.25) is 0 Å². The highest BCUT2D eigenvalue weighted by atomic mass is 15.2. The van der Waals surface area contributed by atoms with Crippen LogP contribution in [0.3, 0.4) is 0 Å². The molecule has 3 heteroatoms. The van der Waals surface area contributed by atoms with Crippen molar-refractivity contribution in [3.05, 3.63) is 0 Å². The van der Waals surface area contributed by atoms with Gasteiger partial charge in [0, 0.05) is 12.6 Å². The Labute approximate surface area is 114 Å². The maximum atomic E-state index is 3.39. The topological polar surface area (TPSA) is 18.5 Å². The zero-order valence-corrected chi connectivity index (χ0v) is 12.7. The van der Waals surface area contributed by atoms with Crippen LogP contribution in [0.5, 0.6) is 0 Å². The molecule has 0 spiro atoms. The molecule has 18 heavy (non-hydrogen) atoms. The van der Waals surface area contributed by atoms with E-state index < -0.39 is 0 Å². The van der Waals surface area contributed by atoms with Gasteiger partial charge in [0.25, 0.3) is 0 Å². The van der Waals surface area contributed by atoms with Crippen molar-refractivity contribution >= 4 is 0 Å². The smallest absolute Gasteiger partial charge is 0.0223 e. The number of hydrogen-bond donors (Lipinski definition) is 1. The van der Waals surface area contributed by atoms with E-state index in [9.17, 15) is 0 Å². The van der Waals surface area contributed by atoms with E-state index in [0.717, 1.165) is 12.6 Å². The number of rotatable bonds is 10. The van der Waals surface area contributed by atoms with Crippen LogP contribution in [-0.2, 0) is 0 Å². The minimum Gasteiger partial charge on any atom is -0.317 e. The fourth-order valence-electron chi connectivity index (χ4n) is 2.91. The van der Waals surface area contributed by atoms with Gasteiger partial charge in [0.2, 0.25) is 0 Å². The first kappa shape index (κ1) is 15.9. The summed E-state index contributed by atoms with van der Waals surface area (Å²) in [6.07, 6.45) is 8.32. The molecule has 0 saturated carbocycles. The highest BCUT2D eigenvalue weighted by Gasteiger charge is 2.23. The lowest BCUT2D eigenvalue weighted by molar-refractivity contribution is 0.204. The number of unbranched alkanes of at least 4 members (excludes halogenated alkanes) is 3. The summed E-state index contributed by atoms with van der Waals surface area (Å²) in [6.45, 7) is 8.37. The molecule has 1 N–H and O–H groups in total. The van der Waals surface area contributed by atoms with E-state index in [1.165, 1.54) is 64.7 Å². The monoisotopic (exact) mass is 255 g/mol. The van der Waals surface area contributed by atoms with Crippen molar-refractivity contribution in [3.8, 4) is 0 Å². The standard InChI is InChI=1S/C15H33N3/c1-4-16-11-7-5-6-8-12-18-13-9-10-15(18)14-17(2)3/h15-16H,4-14H2,1-3H3. The van der Waals surface area contributed by atoms with Gasteiger partial charge in [0.05, 0.1) is 0 Å². The van der Waals surface area contributed by atoms with E-state index in [2.05, 4.69) is 36.1 Å². The molecule has 1 rings (SSSR count). The van der Waals surface area contributed by atoms with E-state index in [1.54, 1.807) is 0 Å². The van der Waals surface area contributed by atoms with Crippen molar-refractivity contribution in [2.75, 3.05) is 46.8 Å². The molecular weight excluding hydrogens is 222 g/mol. The Bertz CT molecular complexity index is 194. The maximum Gasteiger partial charge on any atom is 0.0223 e. The first-order chi connectivity index (χ1) is 8.74. The third kappa shape index (κ3) is 6.72. The average Bonchev–Trinajstić information content (AvgIpc) is 2.75. The van der Waals surface area contributed by atoms with Crippen LogP contribution in [0.15, 0.2) is 0 Å². The van der Waals surface area contributed by atoms with E-state index in [1.807, 2.05) is 0 Å². The lowest BCUT2D eigenvalue weighted by Gasteiger charge is -2.26. The molecular formula is C15H33N3. The highest BCUT2D eigenvalue weighted by Crippen LogP contribution is 2.18. The molecule has 0 bridgehead atoms. The van der Waals surface area contributed by atoms with E-state index in [-0.39, 0.29) is 0 Å². The summed E-state index contributed by atoms with van der Waals surface area (Å²) in [5.74, 6) is 0. The molecule has 1 aliphatic rings. The molecule has 1 atom stereocenters. The Kier molecular flexibility index (Phi) is 8.64. The van der Waals surface area contributed by atoms with Gasteiger partial charge in [0.1, 0.15) is 0 Å². The lowest BCUT2D eigenvalue weighted by atomic mass is 10.1. The lowest BCUT2D eigenvalue weighted by Crippen LogP contribution is -2.38.